The quantitative estimate of drug-likeness (QED) is 0.394. The molecule has 0 aliphatic heterocycles. The van der Waals surface area contributed by atoms with Crippen molar-refractivity contribution in [1.29, 1.82) is 0 Å². The van der Waals surface area contributed by atoms with E-state index >= 15 is 0 Å². The Bertz CT molecular complexity index is 1290. The van der Waals surface area contributed by atoms with Gasteiger partial charge in [0.15, 0.2) is 0 Å². The molecule has 7 heteroatoms. The fourth-order valence-corrected chi connectivity index (χ4v) is 5.98. The van der Waals surface area contributed by atoms with Crippen LogP contribution in [0.4, 0.5) is 0 Å². The number of hydrogen-bond acceptors (Lipinski definition) is 4. The lowest BCUT2D eigenvalue weighted by molar-refractivity contribution is 0.291. The summed E-state index contributed by atoms with van der Waals surface area (Å²) in [6.45, 7) is 13.0. The second-order valence-electron chi connectivity index (χ2n) is 9.70. The van der Waals surface area contributed by atoms with Gasteiger partial charge in [-0.15, -0.1) is 0 Å². The highest BCUT2D eigenvalue weighted by molar-refractivity contribution is 7.89. The number of nitrogens with zero attached hydrogens (tertiary/aromatic N) is 3. The van der Waals surface area contributed by atoms with Crippen molar-refractivity contribution in [3.8, 4) is 0 Å². The first kappa shape index (κ1) is 26.1. The lowest BCUT2D eigenvalue weighted by Gasteiger charge is -2.31. The Labute approximate surface area is 203 Å². The number of sulfonamides is 1. The largest absolute Gasteiger partial charge is 0.295 e. The van der Waals surface area contributed by atoms with Crippen LogP contribution in [-0.2, 0) is 22.0 Å². The molecule has 1 heterocycles. The summed E-state index contributed by atoms with van der Waals surface area (Å²) in [5, 5.41) is 0.545. The predicted molar refractivity (Wildman–Crippen MR) is 139 cm³/mol. The van der Waals surface area contributed by atoms with E-state index in [1.807, 2.05) is 51.1 Å². The summed E-state index contributed by atoms with van der Waals surface area (Å²) < 4.78 is 31.0. The zero-order chi connectivity index (χ0) is 25.1. The second kappa shape index (κ2) is 10.4. The molecule has 0 bridgehead atoms. The number of rotatable bonds is 9. The Morgan fingerprint density at radius 1 is 1.00 bits per heavy atom. The molecule has 184 valence electrons. The first-order chi connectivity index (χ1) is 16.1. The second-order valence-corrected chi connectivity index (χ2v) is 11.6. The molecule has 0 saturated heterocycles. The number of fused-ring (bicyclic) bond motifs is 1. The maximum Gasteiger partial charge on any atom is 0.261 e. The topological polar surface area (TPSA) is 72.3 Å². The molecule has 0 spiro atoms. The van der Waals surface area contributed by atoms with Gasteiger partial charge in [0.2, 0.25) is 10.0 Å². The van der Waals surface area contributed by atoms with E-state index in [1.165, 1.54) is 0 Å². The van der Waals surface area contributed by atoms with Crippen molar-refractivity contribution in [2.24, 2.45) is 0 Å². The van der Waals surface area contributed by atoms with Gasteiger partial charge in [-0.25, -0.2) is 13.4 Å². The van der Waals surface area contributed by atoms with Crippen LogP contribution in [0.5, 0.6) is 0 Å². The standard InChI is InChI=1S/C27H37N3O3S/c1-7-10-19-30(34(32,33)21-17-15-20(16-18-21)27(4,5)6)24(8-2)25-28-23-14-12-11-13-22(23)26(31)29(25)9-3/h11-18,24H,7-10,19H2,1-6H3. The first-order valence-corrected chi connectivity index (χ1v) is 13.6. The molecule has 6 nitrogen and oxygen atoms in total. The van der Waals surface area contributed by atoms with Crippen LogP contribution < -0.4 is 5.56 Å². The molecule has 0 radical (unpaired) electrons. The highest BCUT2D eigenvalue weighted by Crippen LogP contribution is 2.31. The molecule has 34 heavy (non-hydrogen) atoms. The van der Waals surface area contributed by atoms with Gasteiger partial charge in [0, 0.05) is 13.1 Å². The summed E-state index contributed by atoms with van der Waals surface area (Å²) in [7, 11) is -3.81. The lowest BCUT2D eigenvalue weighted by atomic mass is 9.87. The fraction of sp³-hybridized carbons (Fsp3) is 0.481. The third-order valence-corrected chi connectivity index (χ3v) is 8.22. The van der Waals surface area contributed by atoms with Crippen molar-refractivity contribution in [2.75, 3.05) is 6.54 Å². The van der Waals surface area contributed by atoms with E-state index in [1.54, 1.807) is 27.1 Å². The Hall–Kier alpha value is -2.51. The van der Waals surface area contributed by atoms with E-state index in [-0.39, 0.29) is 15.9 Å². The SMILES string of the molecule is CCCCN(C(CC)c1nc2ccccc2c(=O)n1CC)S(=O)(=O)c1ccc(C(C)(C)C)cc1. The summed E-state index contributed by atoms with van der Waals surface area (Å²) in [5.41, 5.74) is 1.47. The van der Waals surface area contributed by atoms with Gasteiger partial charge in [0.05, 0.1) is 21.8 Å². The number of unbranched alkanes of at least 4 members (excludes halogenated alkanes) is 1. The minimum atomic E-state index is -3.81. The van der Waals surface area contributed by atoms with Crippen molar-refractivity contribution < 1.29 is 8.42 Å². The normalized spacial score (nSPS) is 13.5. The molecule has 0 aliphatic rings. The van der Waals surface area contributed by atoms with E-state index in [0.29, 0.717) is 36.2 Å². The van der Waals surface area contributed by atoms with E-state index in [4.69, 9.17) is 4.98 Å². The summed E-state index contributed by atoms with van der Waals surface area (Å²) >= 11 is 0. The fourth-order valence-electron chi connectivity index (χ4n) is 4.28. The number of benzene rings is 2. The third kappa shape index (κ3) is 5.10. The van der Waals surface area contributed by atoms with Gasteiger partial charge < -0.3 is 0 Å². The van der Waals surface area contributed by atoms with E-state index in [2.05, 4.69) is 20.8 Å². The average molecular weight is 484 g/mol. The van der Waals surface area contributed by atoms with Crippen LogP contribution in [0.3, 0.4) is 0 Å². The van der Waals surface area contributed by atoms with E-state index in [9.17, 15) is 13.2 Å². The van der Waals surface area contributed by atoms with Crippen LogP contribution in [-0.4, -0.2) is 28.8 Å². The molecule has 0 fully saturated rings. The Morgan fingerprint density at radius 3 is 2.21 bits per heavy atom. The predicted octanol–water partition coefficient (Wildman–Crippen LogP) is 5.66. The summed E-state index contributed by atoms with van der Waals surface area (Å²) in [4.78, 5) is 18.3. The maximum absolute atomic E-state index is 13.9. The van der Waals surface area contributed by atoms with E-state index < -0.39 is 16.1 Å². The maximum atomic E-state index is 13.9. The van der Waals surface area contributed by atoms with Gasteiger partial charge in [0.25, 0.3) is 5.56 Å². The van der Waals surface area contributed by atoms with Crippen LogP contribution in [0.25, 0.3) is 10.9 Å². The van der Waals surface area contributed by atoms with Crippen LogP contribution in [0.1, 0.15) is 78.2 Å². The molecule has 3 rings (SSSR count). The minimum absolute atomic E-state index is 0.0671. The van der Waals surface area contributed by atoms with Crippen LogP contribution >= 0.6 is 0 Å². The number of aromatic nitrogens is 2. The van der Waals surface area contributed by atoms with Gasteiger partial charge in [-0.2, -0.15) is 4.31 Å². The van der Waals surface area contributed by atoms with Crippen molar-refractivity contribution in [3.63, 3.8) is 0 Å². The zero-order valence-corrected chi connectivity index (χ0v) is 22.0. The Balaban J connectivity index is 2.17. The molecule has 2 aromatic carbocycles. The van der Waals surface area contributed by atoms with Gasteiger partial charge in [-0.05, 0) is 55.0 Å². The molecule has 0 N–H and O–H groups in total. The highest BCUT2D eigenvalue weighted by atomic mass is 32.2. The van der Waals surface area contributed by atoms with Crippen LogP contribution in [0, 0.1) is 0 Å². The first-order valence-electron chi connectivity index (χ1n) is 12.2. The molecule has 3 aromatic rings. The van der Waals surface area contributed by atoms with E-state index in [0.717, 1.165) is 18.4 Å². The Kier molecular flexibility index (Phi) is 7.98. The molecule has 0 amide bonds. The average Bonchev–Trinajstić information content (AvgIpc) is 2.81. The van der Waals surface area contributed by atoms with Crippen molar-refractivity contribution in [2.45, 2.75) is 83.7 Å². The molecule has 0 aliphatic carbocycles. The molecular weight excluding hydrogens is 446 g/mol. The van der Waals surface area contributed by atoms with Crippen LogP contribution in [0.2, 0.25) is 0 Å². The van der Waals surface area contributed by atoms with Gasteiger partial charge >= 0.3 is 0 Å². The van der Waals surface area contributed by atoms with Crippen LogP contribution in [0.15, 0.2) is 58.2 Å². The smallest absolute Gasteiger partial charge is 0.261 e. The van der Waals surface area contributed by atoms with Crippen molar-refractivity contribution in [3.05, 3.63) is 70.3 Å². The summed E-state index contributed by atoms with van der Waals surface area (Å²) in [5.74, 6) is 0.500. The lowest BCUT2D eigenvalue weighted by Crippen LogP contribution is -2.39. The Morgan fingerprint density at radius 2 is 1.65 bits per heavy atom. The summed E-state index contributed by atoms with van der Waals surface area (Å²) in [6.07, 6.45) is 2.09. The minimum Gasteiger partial charge on any atom is -0.295 e. The third-order valence-electron chi connectivity index (χ3n) is 6.30. The van der Waals surface area contributed by atoms with Gasteiger partial charge in [0.1, 0.15) is 5.82 Å². The molecule has 0 saturated carbocycles. The van der Waals surface area contributed by atoms with Gasteiger partial charge in [-0.1, -0.05) is 65.3 Å². The van der Waals surface area contributed by atoms with Crippen molar-refractivity contribution >= 4 is 20.9 Å². The molecular formula is C27H37N3O3S. The zero-order valence-electron chi connectivity index (χ0n) is 21.2. The molecule has 1 unspecified atom stereocenters. The number of para-hydroxylation sites is 1. The number of hydrogen-bond donors (Lipinski definition) is 0. The monoisotopic (exact) mass is 483 g/mol. The molecule has 1 atom stereocenters. The van der Waals surface area contributed by atoms with Gasteiger partial charge in [-0.3, -0.25) is 9.36 Å². The van der Waals surface area contributed by atoms with Crippen molar-refractivity contribution in [1.82, 2.24) is 13.9 Å². The summed E-state index contributed by atoms with van der Waals surface area (Å²) in [6, 6.07) is 13.9. The highest BCUT2D eigenvalue weighted by Gasteiger charge is 2.34. The molecule has 1 aromatic heterocycles.